The standard InChI is InChI=1S/C30H30ClFN8O2.C30H31ClFN5O4.C26H30ClFN4O5S/c1-29(2,3)19-13-22(17-6-8-20(31)21(32)12-17)34-23-14-24(42-26(19)23)28(41)40-11-10-39(16-30(40,4)5)25-9-7-18(15-33-25)27-35-37-38-36-27;1-16-11-18(28(39)40)26(35-34-16)36-9-10-37(30(5,6)15-36)27(38)24-14-23-25(41-24)19(29(2,3)4)13-22(33-23)17-7-8-20(31)21(32)12-17;1-25(2,3)16-12-19(15-7-8-17(27)18(28)11-15)29-20-13-21(37-22(16)20)23(33)32-10-9-31(14-26(32,4)5)24(34)30-38(6,35)36/h6-9,12-15H,10-11,16H2,1-5H3,(H,35,36,37,38);7-8,11-14H,9-10,15H2,1-6H3,(H,39,40);7-8,11-13H,9-10,14H2,1-6H3,(H,30,34). The van der Waals surface area contributed by atoms with Gasteiger partial charge in [-0.3, -0.25) is 14.4 Å². The van der Waals surface area contributed by atoms with Gasteiger partial charge in [0, 0.05) is 122 Å². The zero-order chi connectivity index (χ0) is 87.9. The van der Waals surface area contributed by atoms with Gasteiger partial charge in [0.1, 0.15) is 45.4 Å². The molecule has 0 saturated carbocycles. The van der Waals surface area contributed by atoms with Crippen molar-refractivity contribution in [1.29, 1.82) is 0 Å². The highest BCUT2D eigenvalue weighted by atomic mass is 35.5. The second-order valence-electron chi connectivity index (χ2n) is 35.2. The van der Waals surface area contributed by atoms with E-state index in [4.69, 9.17) is 58.0 Å². The fraction of sp³-hybridized carbons (Fsp3) is 0.372. The second-order valence-corrected chi connectivity index (χ2v) is 38.2. The number of carbonyl (C=O) groups excluding carboxylic acids is 4. The van der Waals surface area contributed by atoms with Gasteiger partial charge in [0.15, 0.2) is 39.8 Å². The number of tetrazole rings is 1. The summed E-state index contributed by atoms with van der Waals surface area (Å²) in [6, 6.07) is 28.6. The van der Waals surface area contributed by atoms with Crippen molar-refractivity contribution < 1.29 is 63.9 Å². The highest BCUT2D eigenvalue weighted by molar-refractivity contribution is 7.89. The summed E-state index contributed by atoms with van der Waals surface area (Å²) in [5, 5.41) is 32.0. The number of sulfonamides is 1. The molecule has 0 atom stereocenters. The lowest BCUT2D eigenvalue weighted by molar-refractivity contribution is 0.0250. The SMILES string of the molecule is CC(C)(C)c1cc(-c2ccc(Cl)c(F)c2)nc2cc(C(=O)N3CCN(C(=O)NS(C)(=O)=O)CC3(C)C)oc12.CC(C)(C)c1cc(-c2ccc(Cl)c(F)c2)nc2cc(C(=O)N3CCN(c4ccc(-c5nn[nH]n5)cn4)CC3(C)C)oc12.Cc1cc(C(=O)O)c(N2CCN(C(=O)c3cc4nc(-c5ccc(Cl)c(F)c5)cc(C(C)(C)C)c4o3)C(C)(C)C2)nn1. The van der Waals surface area contributed by atoms with Crippen molar-refractivity contribution in [1.82, 2.24) is 75.1 Å². The molecule has 0 spiro atoms. The molecule has 35 heteroatoms. The number of carboxylic acids is 1. The molecule has 3 N–H and O–H groups in total. The molecule has 0 radical (unpaired) electrons. The van der Waals surface area contributed by atoms with Crippen LogP contribution in [-0.2, 0) is 26.3 Å². The smallest absolute Gasteiger partial charge is 0.339 e. The Morgan fingerprint density at radius 2 is 0.893 bits per heavy atom. The topological polar surface area (TPSA) is 342 Å². The predicted octanol–water partition coefficient (Wildman–Crippen LogP) is 16.8. The Balaban J connectivity index is 0.000000157. The third kappa shape index (κ3) is 18.7. The van der Waals surface area contributed by atoms with Crippen molar-refractivity contribution in [3.05, 3.63) is 193 Å². The van der Waals surface area contributed by atoms with Gasteiger partial charge in [-0.1, -0.05) is 115 Å². The number of aromatic amines is 1. The number of H-pyrrole nitrogens is 1. The van der Waals surface area contributed by atoms with Crippen LogP contribution in [0.5, 0.6) is 0 Å². The average molecular weight is 1730 g/mol. The summed E-state index contributed by atoms with van der Waals surface area (Å²) in [6.07, 6.45) is 2.62. The van der Waals surface area contributed by atoms with Gasteiger partial charge in [0.05, 0.1) is 60.7 Å². The number of halogens is 6. The van der Waals surface area contributed by atoms with Crippen LogP contribution >= 0.6 is 34.8 Å². The highest BCUT2D eigenvalue weighted by Crippen LogP contribution is 2.42. The number of nitrogens with zero attached hydrogens (tertiary/aromatic N) is 15. The number of hydrogen-bond acceptors (Lipinski definition) is 21. The van der Waals surface area contributed by atoms with Crippen LogP contribution in [0.3, 0.4) is 0 Å². The van der Waals surface area contributed by atoms with E-state index in [-0.39, 0.29) is 97.3 Å². The molecule has 28 nitrogen and oxygen atoms in total. The van der Waals surface area contributed by atoms with Crippen molar-refractivity contribution in [2.75, 3.05) is 75.0 Å². The van der Waals surface area contributed by atoms with E-state index in [0.29, 0.717) is 118 Å². The largest absolute Gasteiger partial charge is 0.478 e. The van der Waals surface area contributed by atoms with E-state index in [2.05, 4.69) is 66.5 Å². The number of furan rings is 3. The summed E-state index contributed by atoms with van der Waals surface area (Å²) in [7, 11) is -3.71. The van der Waals surface area contributed by atoms with Crippen LogP contribution in [0.25, 0.3) is 78.5 Å². The zero-order valence-corrected chi connectivity index (χ0v) is 72.8. The maximum Gasteiger partial charge on any atom is 0.339 e. The van der Waals surface area contributed by atoms with Crippen LogP contribution in [0.15, 0.2) is 129 Å². The molecular formula is C86H91Cl3F3N17O11S. The normalized spacial score (nSPS) is 15.6. The third-order valence-corrected chi connectivity index (χ3v) is 22.7. The van der Waals surface area contributed by atoms with Gasteiger partial charge in [0.25, 0.3) is 17.7 Å². The number of piperazine rings is 3. The molecule has 9 aromatic heterocycles. The average Bonchev–Trinajstić information content (AvgIpc) is 1.59. The van der Waals surface area contributed by atoms with E-state index in [0.717, 1.165) is 34.3 Å². The van der Waals surface area contributed by atoms with Crippen molar-refractivity contribution in [2.45, 2.75) is 144 Å². The number of fused-ring (bicyclic) bond motifs is 3. The summed E-state index contributed by atoms with van der Waals surface area (Å²) in [6.45, 7) is 34.5. The lowest BCUT2D eigenvalue weighted by Gasteiger charge is -2.47. The minimum Gasteiger partial charge on any atom is -0.478 e. The van der Waals surface area contributed by atoms with Gasteiger partial charge in [-0.05, 0) is 143 Å². The van der Waals surface area contributed by atoms with Crippen LogP contribution < -0.4 is 14.5 Å². The lowest BCUT2D eigenvalue weighted by Crippen LogP contribution is -2.63. The fourth-order valence-electron chi connectivity index (χ4n) is 15.1. The Labute approximate surface area is 711 Å². The minimum atomic E-state index is -3.71. The van der Waals surface area contributed by atoms with Crippen molar-refractivity contribution >= 4 is 119 Å². The number of urea groups is 1. The summed E-state index contributed by atoms with van der Waals surface area (Å²) in [4.78, 5) is 94.8. The first kappa shape index (κ1) is 87.2. The fourth-order valence-corrected chi connectivity index (χ4v) is 15.9. The molecule has 0 unspecified atom stereocenters. The number of carbonyl (C=O) groups is 5. The summed E-state index contributed by atoms with van der Waals surface area (Å²) >= 11 is 17.6. The van der Waals surface area contributed by atoms with E-state index >= 15 is 0 Å². The number of aromatic carboxylic acids is 1. The number of benzene rings is 3. The van der Waals surface area contributed by atoms with E-state index in [1.807, 2.05) is 114 Å². The van der Waals surface area contributed by atoms with E-state index < -0.39 is 56.1 Å². The Hall–Kier alpha value is -11.6. The van der Waals surface area contributed by atoms with E-state index in [1.54, 1.807) is 73.2 Å². The van der Waals surface area contributed by atoms with E-state index in [9.17, 15) is 50.7 Å². The van der Waals surface area contributed by atoms with Gasteiger partial charge in [-0.25, -0.2) is 55.8 Å². The predicted molar refractivity (Wildman–Crippen MR) is 455 cm³/mol. The molecule has 3 saturated heterocycles. The molecule has 3 aliphatic heterocycles. The quantitative estimate of drug-likeness (QED) is 0.108. The number of anilines is 2. The first-order chi connectivity index (χ1) is 56.5. The van der Waals surface area contributed by atoms with Crippen LogP contribution in [0, 0.1) is 24.4 Å². The number of hydrogen-bond donors (Lipinski definition) is 3. The van der Waals surface area contributed by atoms with Crippen molar-refractivity contribution in [3.63, 3.8) is 0 Å². The summed E-state index contributed by atoms with van der Waals surface area (Å²) < 4.78 is 86.1. The second kappa shape index (κ2) is 32.7. The van der Waals surface area contributed by atoms with Gasteiger partial charge < -0.3 is 47.8 Å². The molecule has 5 amide bonds. The zero-order valence-electron chi connectivity index (χ0n) is 69.7. The van der Waals surface area contributed by atoms with Crippen LogP contribution in [0.2, 0.25) is 15.1 Å². The molecule has 0 bridgehead atoms. The minimum absolute atomic E-state index is 0.0126. The molecular weight excluding hydrogens is 1640 g/mol. The van der Waals surface area contributed by atoms with E-state index in [1.165, 1.54) is 47.4 Å². The van der Waals surface area contributed by atoms with Gasteiger partial charge in [-0.2, -0.15) is 10.3 Å². The van der Waals surface area contributed by atoms with Crippen molar-refractivity contribution in [3.8, 4) is 45.2 Å². The first-order valence-electron chi connectivity index (χ1n) is 38.7. The molecule has 121 heavy (non-hydrogen) atoms. The number of carboxylic acid groups (broad SMARTS) is 1. The molecule has 12 heterocycles. The van der Waals surface area contributed by atoms with Crippen LogP contribution in [-0.4, -0.2) is 195 Å². The molecule has 3 aliphatic rings. The molecule has 634 valence electrons. The highest BCUT2D eigenvalue weighted by Gasteiger charge is 2.44. The van der Waals surface area contributed by atoms with Gasteiger partial charge in [-0.15, -0.1) is 15.3 Å². The van der Waals surface area contributed by atoms with Gasteiger partial charge >= 0.3 is 12.0 Å². The number of aryl methyl sites for hydroxylation is 1. The van der Waals surface area contributed by atoms with Gasteiger partial charge in [0.2, 0.25) is 15.8 Å². The van der Waals surface area contributed by atoms with Crippen LogP contribution in [0.4, 0.5) is 29.6 Å². The summed E-state index contributed by atoms with van der Waals surface area (Å²) in [5.41, 5.74) is 7.08. The van der Waals surface area contributed by atoms with Crippen molar-refractivity contribution in [2.24, 2.45) is 0 Å². The maximum atomic E-state index is 14.3. The Bertz CT molecular complexity index is 6200. The number of amides is 5. The molecule has 3 fully saturated rings. The molecule has 3 aromatic carbocycles. The third-order valence-electron chi connectivity index (χ3n) is 21.2. The first-order valence-corrected chi connectivity index (χ1v) is 41.8. The lowest BCUT2D eigenvalue weighted by atomic mass is 9.86. The molecule has 15 rings (SSSR count). The number of pyridine rings is 4. The monoisotopic (exact) mass is 1730 g/mol. The Morgan fingerprint density at radius 1 is 0.504 bits per heavy atom. The Morgan fingerprint density at radius 3 is 1.24 bits per heavy atom. The Kier molecular flexibility index (Phi) is 23.6. The van der Waals surface area contributed by atoms with Crippen LogP contribution in [0.1, 0.15) is 168 Å². The maximum absolute atomic E-state index is 14.3. The number of nitrogens with one attached hydrogen (secondary N) is 2. The number of aromatic nitrogens is 10. The summed E-state index contributed by atoms with van der Waals surface area (Å²) in [5.74, 6) is -1.60. The number of rotatable bonds is 11. The molecule has 12 aromatic rings. The molecule has 0 aliphatic carbocycles.